The molecule has 0 N–H and O–H groups in total. The fourth-order valence-corrected chi connectivity index (χ4v) is 0. The third-order valence-electron chi connectivity index (χ3n) is 0.0772. The Morgan fingerprint density at radius 3 is 2.25 bits per heavy atom. The van der Waals surface area contributed by atoms with Crippen LogP contribution in [0.15, 0.2) is 0 Å². The second-order valence-corrected chi connectivity index (χ2v) is 2.17. The number of rotatable bonds is 1. The highest BCUT2D eigenvalue weighted by atomic mass is 127. The molecule has 0 heterocycles. The van der Waals surface area contributed by atoms with Gasteiger partial charge in [-0.2, -0.15) is 0 Å². The summed E-state index contributed by atoms with van der Waals surface area (Å²) in [6.07, 6.45) is 0. The number of halogens is 1. The quantitative estimate of drug-likeness (QED) is 0.450. The average molecular weight is 190 g/mol. The largest absolute Gasteiger partial charge is 0.355 e. The van der Waals surface area contributed by atoms with E-state index in [1.807, 2.05) is 0 Å². The monoisotopic (exact) mass is 190 g/mol. The zero-order chi connectivity index (χ0) is 3.41. The minimum atomic E-state index is 0.610. The highest BCUT2D eigenvalue weighted by Gasteiger charge is 1.54. The van der Waals surface area contributed by atoms with Gasteiger partial charge in [0.05, 0.1) is 6.45 Å². The molecule has 0 amide bonds. The van der Waals surface area contributed by atoms with Gasteiger partial charge in [-0.15, -0.1) is 0 Å². The SMILES string of the molecule is COPI. The number of hydrogen-bond acceptors (Lipinski definition) is 1. The molecular weight excluding hydrogens is 186 g/mol. The van der Waals surface area contributed by atoms with Crippen LogP contribution < -0.4 is 0 Å². The Labute approximate surface area is 40.5 Å². The van der Waals surface area contributed by atoms with Crippen LogP contribution in [0.1, 0.15) is 0 Å². The van der Waals surface area contributed by atoms with Crippen molar-refractivity contribution < 1.29 is 4.52 Å². The summed E-state index contributed by atoms with van der Waals surface area (Å²) in [7, 11) is 1.69. The lowest BCUT2D eigenvalue weighted by Gasteiger charge is -1.73. The third-order valence-corrected chi connectivity index (χ3v) is 1.55. The molecule has 1 nitrogen and oxygen atoms in total. The second-order valence-electron chi connectivity index (χ2n) is 0.281. The maximum Gasteiger partial charge on any atom is 0.0789 e. The minimum absolute atomic E-state index is 0.610. The van der Waals surface area contributed by atoms with Crippen LogP contribution in [0.5, 0.6) is 0 Å². The van der Waals surface area contributed by atoms with Gasteiger partial charge in [0.2, 0.25) is 0 Å². The van der Waals surface area contributed by atoms with Gasteiger partial charge >= 0.3 is 0 Å². The van der Waals surface area contributed by atoms with E-state index in [4.69, 9.17) is 0 Å². The van der Waals surface area contributed by atoms with Gasteiger partial charge in [-0.3, -0.25) is 0 Å². The van der Waals surface area contributed by atoms with Crippen LogP contribution in [0.3, 0.4) is 0 Å². The zero-order valence-electron chi connectivity index (χ0n) is 2.29. The van der Waals surface area contributed by atoms with E-state index in [9.17, 15) is 0 Å². The van der Waals surface area contributed by atoms with Crippen molar-refractivity contribution in [2.75, 3.05) is 7.11 Å². The van der Waals surface area contributed by atoms with E-state index in [-0.39, 0.29) is 0 Å². The Morgan fingerprint density at radius 2 is 2.25 bits per heavy atom. The lowest BCUT2D eigenvalue weighted by molar-refractivity contribution is 0.487. The molecule has 0 aromatic rings. The molecule has 1 atom stereocenters. The highest BCUT2D eigenvalue weighted by molar-refractivity contribution is 14.2. The van der Waals surface area contributed by atoms with Crippen LogP contribution >= 0.6 is 28.5 Å². The highest BCUT2D eigenvalue weighted by Crippen LogP contribution is 2.18. The third kappa shape index (κ3) is 3.12. The van der Waals surface area contributed by atoms with Gasteiger partial charge in [0, 0.05) is 7.11 Å². The second kappa shape index (κ2) is 4.12. The van der Waals surface area contributed by atoms with E-state index in [0.29, 0.717) is 6.45 Å². The fourth-order valence-electron chi connectivity index (χ4n) is 0. The Kier molecular flexibility index (Phi) is 5.27. The van der Waals surface area contributed by atoms with Gasteiger partial charge in [-0.05, 0) is 22.0 Å². The Morgan fingerprint density at radius 1 is 2.00 bits per heavy atom. The predicted molar refractivity (Wildman–Crippen MR) is 29.3 cm³/mol. The molecule has 0 aliphatic carbocycles. The standard InChI is InChI=1S/CH4IOP/c1-3-4-2/h4H,1H3. The predicted octanol–water partition coefficient (Wildman–Crippen LogP) is 1.58. The van der Waals surface area contributed by atoms with Gasteiger partial charge in [0.25, 0.3) is 0 Å². The Balaban J connectivity index is 1.97. The first-order valence-corrected chi connectivity index (χ1v) is 4.82. The summed E-state index contributed by atoms with van der Waals surface area (Å²) in [4.78, 5) is 0. The van der Waals surface area contributed by atoms with Gasteiger partial charge in [-0.1, -0.05) is 0 Å². The molecule has 3 heteroatoms. The Bertz CT molecular complexity index is 10.0. The first kappa shape index (κ1) is 5.12. The smallest absolute Gasteiger partial charge is 0.0789 e. The van der Waals surface area contributed by atoms with Crippen LogP contribution in [0.25, 0.3) is 0 Å². The van der Waals surface area contributed by atoms with E-state index in [2.05, 4.69) is 26.6 Å². The van der Waals surface area contributed by atoms with Crippen molar-refractivity contribution >= 4 is 28.5 Å². The van der Waals surface area contributed by atoms with Crippen LogP contribution in [-0.4, -0.2) is 7.11 Å². The summed E-state index contributed by atoms with van der Waals surface area (Å²) in [6.45, 7) is 0.610. The summed E-state index contributed by atoms with van der Waals surface area (Å²) in [6, 6.07) is 0. The lowest BCUT2D eigenvalue weighted by atomic mass is 11.8. The van der Waals surface area contributed by atoms with E-state index in [1.54, 1.807) is 7.11 Å². The molecule has 26 valence electrons. The Hall–Kier alpha value is 1.12. The molecule has 0 aromatic carbocycles. The molecule has 0 saturated carbocycles. The normalized spacial score (nSPS) is 10.5. The van der Waals surface area contributed by atoms with Crippen molar-refractivity contribution in [1.82, 2.24) is 0 Å². The average Bonchev–Trinajstić information content (AvgIpc) is 1.37. The van der Waals surface area contributed by atoms with Crippen molar-refractivity contribution in [2.24, 2.45) is 0 Å². The molecule has 0 fully saturated rings. The summed E-state index contributed by atoms with van der Waals surface area (Å²) in [5.41, 5.74) is 0. The van der Waals surface area contributed by atoms with Crippen molar-refractivity contribution in [3.8, 4) is 0 Å². The van der Waals surface area contributed by atoms with E-state index >= 15 is 0 Å². The van der Waals surface area contributed by atoms with Crippen molar-refractivity contribution in [2.45, 2.75) is 0 Å². The van der Waals surface area contributed by atoms with E-state index in [1.165, 1.54) is 0 Å². The minimum Gasteiger partial charge on any atom is -0.355 e. The van der Waals surface area contributed by atoms with Crippen LogP contribution in [0.2, 0.25) is 0 Å². The maximum absolute atomic E-state index is 4.56. The molecule has 0 aliphatic heterocycles. The number of hydrogen-bond donors (Lipinski definition) is 0. The molecule has 0 saturated heterocycles. The summed E-state index contributed by atoms with van der Waals surface area (Å²) < 4.78 is 4.56. The summed E-state index contributed by atoms with van der Waals surface area (Å²) in [5.74, 6) is 0. The van der Waals surface area contributed by atoms with Gasteiger partial charge < -0.3 is 4.52 Å². The first-order chi connectivity index (χ1) is 1.91. The molecule has 0 bridgehead atoms. The van der Waals surface area contributed by atoms with E-state index in [0.717, 1.165) is 0 Å². The van der Waals surface area contributed by atoms with Gasteiger partial charge in [-0.25, -0.2) is 0 Å². The van der Waals surface area contributed by atoms with Crippen molar-refractivity contribution in [3.63, 3.8) is 0 Å². The van der Waals surface area contributed by atoms with Crippen molar-refractivity contribution in [1.29, 1.82) is 0 Å². The molecule has 1 unspecified atom stereocenters. The molecular formula is CH4IOP. The van der Waals surface area contributed by atoms with Gasteiger partial charge in [0.1, 0.15) is 0 Å². The molecule has 0 radical (unpaired) electrons. The summed E-state index contributed by atoms with van der Waals surface area (Å²) in [5, 5.41) is 0. The van der Waals surface area contributed by atoms with Crippen molar-refractivity contribution in [3.05, 3.63) is 0 Å². The first-order valence-electron chi connectivity index (χ1n) is 0.801. The molecule has 0 aromatic heterocycles. The fraction of sp³-hybridized carbons (Fsp3) is 1.00. The summed E-state index contributed by atoms with van der Waals surface area (Å²) >= 11 is 2.16. The van der Waals surface area contributed by atoms with Gasteiger partial charge in [0.15, 0.2) is 0 Å². The van der Waals surface area contributed by atoms with Crippen LogP contribution in [0.4, 0.5) is 0 Å². The topological polar surface area (TPSA) is 9.23 Å². The zero-order valence-corrected chi connectivity index (χ0v) is 5.44. The van der Waals surface area contributed by atoms with Crippen LogP contribution in [-0.2, 0) is 4.52 Å². The molecule has 0 rings (SSSR count). The molecule has 4 heavy (non-hydrogen) atoms. The molecule has 0 aliphatic rings. The maximum atomic E-state index is 4.56. The lowest BCUT2D eigenvalue weighted by Crippen LogP contribution is -1.43. The van der Waals surface area contributed by atoms with E-state index < -0.39 is 0 Å². The molecule has 0 spiro atoms. The van der Waals surface area contributed by atoms with Crippen LogP contribution in [0, 0.1) is 0 Å².